The van der Waals surface area contributed by atoms with E-state index in [1.165, 1.54) is 12.1 Å². The maximum atomic E-state index is 12.9. The van der Waals surface area contributed by atoms with Crippen molar-refractivity contribution in [3.05, 3.63) is 70.8 Å². The summed E-state index contributed by atoms with van der Waals surface area (Å²) in [7, 11) is 0. The zero-order valence-electron chi connectivity index (χ0n) is 18.3. The number of likely N-dealkylation sites (tertiary alicyclic amines) is 1. The summed E-state index contributed by atoms with van der Waals surface area (Å²) in [6, 6.07) is 13.5. The van der Waals surface area contributed by atoms with E-state index in [1.54, 1.807) is 6.07 Å². The van der Waals surface area contributed by atoms with Crippen LogP contribution < -0.4 is 10.6 Å². The lowest BCUT2D eigenvalue weighted by molar-refractivity contribution is -0.137. The Morgan fingerprint density at radius 3 is 2.47 bits per heavy atom. The largest absolute Gasteiger partial charge is 0.416 e. The third-order valence-electron chi connectivity index (χ3n) is 5.63. The molecule has 1 heterocycles. The van der Waals surface area contributed by atoms with Gasteiger partial charge in [-0.05, 0) is 42.5 Å². The molecule has 0 atom stereocenters. The van der Waals surface area contributed by atoms with Gasteiger partial charge in [0, 0.05) is 32.2 Å². The number of hydrogen-bond acceptors (Lipinski definition) is 3. The molecule has 0 unspecified atom stereocenters. The number of aliphatic imine (C=N–C) groups is 1. The van der Waals surface area contributed by atoms with E-state index in [0.717, 1.165) is 55.6 Å². The van der Waals surface area contributed by atoms with Gasteiger partial charge in [0.2, 0.25) is 0 Å². The van der Waals surface area contributed by atoms with E-state index >= 15 is 0 Å². The summed E-state index contributed by atoms with van der Waals surface area (Å²) in [5.74, 6) is 0.733. The Kier molecular flexibility index (Phi) is 8.53. The summed E-state index contributed by atoms with van der Waals surface area (Å²) >= 11 is 0. The van der Waals surface area contributed by atoms with Gasteiger partial charge in [-0.2, -0.15) is 13.2 Å². The highest BCUT2D eigenvalue weighted by Crippen LogP contribution is 2.30. The summed E-state index contributed by atoms with van der Waals surface area (Å²) in [4.78, 5) is 6.86. The summed E-state index contributed by atoms with van der Waals surface area (Å²) in [5.41, 5.74) is 1.95. The fraction of sp³-hybridized carbons (Fsp3) is 0.458. The summed E-state index contributed by atoms with van der Waals surface area (Å²) in [6.45, 7) is 5.34. The molecule has 3 rings (SSSR count). The van der Waals surface area contributed by atoms with Gasteiger partial charge in [0.15, 0.2) is 5.96 Å². The molecule has 32 heavy (non-hydrogen) atoms. The monoisotopic (exact) mass is 448 g/mol. The smallest absolute Gasteiger partial charge is 0.392 e. The molecule has 1 saturated heterocycles. The molecular weight excluding hydrogens is 417 g/mol. The molecule has 3 N–H and O–H groups in total. The molecule has 0 aromatic heterocycles. The predicted molar refractivity (Wildman–Crippen MR) is 120 cm³/mol. The number of alkyl halides is 3. The number of hydrogen-bond donors (Lipinski definition) is 3. The van der Waals surface area contributed by atoms with Crippen LogP contribution in [0.4, 0.5) is 13.2 Å². The quantitative estimate of drug-likeness (QED) is 0.444. The normalized spacial score (nSPS) is 16.2. The lowest BCUT2D eigenvalue weighted by Gasteiger charge is -2.33. The number of piperidine rings is 1. The number of benzene rings is 2. The fourth-order valence-electron chi connectivity index (χ4n) is 3.88. The van der Waals surface area contributed by atoms with Gasteiger partial charge in [0.1, 0.15) is 0 Å². The van der Waals surface area contributed by atoms with Crippen LogP contribution >= 0.6 is 0 Å². The molecule has 0 amide bonds. The molecule has 0 bridgehead atoms. The second-order valence-corrected chi connectivity index (χ2v) is 8.01. The molecular formula is C24H31F3N4O. The van der Waals surface area contributed by atoms with E-state index in [0.29, 0.717) is 18.7 Å². The molecule has 174 valence electrons. The number of halogens is 3. The van der Waals surface area contributed by atoms with E-state index < -0.39 is 11.7 Å². The van der Waals surface area contributed by atoms with Crippen LogP contribution in [0.15, 0.2) is 53.5 Å². The minimum Gasteiger partial charge on any atom is -0.392 e. The topological polar surface area (TPSA) is 59.9 Å². The molecule has 5 nitrogen and oxygen atoms in total. The number of aliphatic hydroxyl groups excluding tert-OH is 1. The molecule has 0 aliphatic carbocycles. The second-order valence-electron chi connectivity index (χ2n) is 8.01. The average molecular weight is 449 g/mol. The van der Waals surface area contributed by atoms with Crippen LogP contribution in [-0.2, 0) is 25.9 Å². The van der Waals surface area contributed by atoms with Gasteiger partial charge in [-0.1, -0.05) is 42.5 Å². The maximum Gasteiger partial charge on any atom is 0.416 e. The van der Waals surface area contributed by atoms with Crippen molar-refractivity contribution in [2.24, 2.45) is 4.99 Å². The molecule has 1 aliphatic heterocycles. The van der Waals surface area contributed by atoms with E-state index in [9.17, 15) is 18.3 Å². The molecule has 2 aromatic carbocycles. The first-order valence-electron chi connectivity index (χ1n) is 11.0. The van der Waals surface area contributed by atoms with Gasteiger partial charge < -0.3 is 15.7 Å². The van der Waals surface area contributed by atoms with Gasteiger partial charge in [-0.15, -0.1) is 0 Å². The number of nitrogens with one attached hydrogen (secondary N) is 2. The van der Waals surface area contributed by atoms with Gasteiger partial charge >= 0.3 is 6.18 Å². The van der Waals surface area contributed by atoms with Crippen molar-refractivity contribution in [3.63, 3.8) is 0 Å². The van der Waals surface area contributed by atoms with Crippen LogP contribution in [0.1, 0.15) is 42.0 Å². The highest BCUT2D eigenvalue weighted by atomic mass is 19.4. The van der Waals surface area contributed by atoms with Crippen LogP contribution in [0.5, 0.6) is 0 Å². The van der Waals surface area contributed by atoms with Crippen molar-refractivity contribution in [3.8, 4) is 0 Å². The maximum absolute atomic E-state index is 12.9. The Hall–Kier alpha value is -2.58. The number of aliphatic hydroxyl groups is 1. The molecule has 8 heteroatoms. The van der Waals surface area contributed by atoms with Crippen molar-refractivity contribution in [2.75, 3.05) is 19.6 Å². The van der Waals surface area contributed by atoms with Gasteiger partial charge in [-0.25, -0.2) is 4.99 Å². The van der Waals surface area contributed by atoms with E-state index in [1.807, 2.05) is 31.2 Å². The zero-order valence-corrected chi connectivity index (χ0v) is 18.3. The second kappa shape index (κ2) is 11.3. The summed E-state index contributed by atoms with van der Waals surface area (Å²) in [6.07, 6.45) is -2.54. The fourth-order valence-corrected chi connectivity index (χ4v) is 3.88. The zero-order chi connectivity index (χ0) is 23.0. The Morgan fingerprint density at radius 2 is 1.81 bits per heavy atom. The van der Waals surface area contributed by atoms with Crippen molar-refractivity contribution < 1.29 is 18.3 Å². The standard InChI is InChI=1S/C24H31F3N4O/c1-2-28-23(29-15-19-7-3-4-8-20(19)17-32)30-22-10-12-31(13-11-22)16-18-6-5-9-21(14-18)24(25,26)27/h3-9,14,22,32H,2,10-13,15-17H2,1H3,(H2,28,29,30). The SMILES string of the molecule is CCNC(=NCc1ccccc1CO)NC1CCN(Cc2cccc(C(F)(F)F)c2)CC1. The highest BCUT2D eigenvalue weighted by Gasteiger charge is 2.30. The lowest BCUT2D eigenvalue weighted by Crippen LogP contribution is -2.48. The van der Waals surface area contributed by atoms with Crippen LogP contribution in [-0.4, -0.2) is 41.6 Å². The molecule has 2 aromatic rings. The van der Waals surface area contributed by atoms with Crippen molar-refractivity contribution in [2.45, 2.75) is 51.7 Å². The van der Waals surface area contributed by atoms with E-state index in [4.69, 9.17) is 0 Å². The molecule has 0 spiro atoms. The summed E-state index contributed by atoms with van der Waals surface area (Å²) in [5, 5.41) is 16.2. The number of rotatable bonds is 7. The Morgan fingerprint density at radius 1 is 1.09 bits per heavy atom. The minimum absolute atomic E-state index is 0.0139. The Bertz CT molecular complexity index is 893. The molecule has 0 saturated carbocycles. The van der Waals surface area contributed by atoms with Crippen LogP contribution in [0, 0.1) is 0 Å². The molecule has 0 radical (unpaired) electrons. The average Bonchev–Trinajstić information content (AvgIpc) is 2.79. The van der Waals surface area contributed by atoms with Crippen LogP contribution in [0.2, 0.25) is 0 Å². The number of guanidine groups is 1. The summed E-state index contributed by atoms with van der Waals surface area (Å²) < 4.78 is 38.8. The minimum atomic E-state index is -4.31. The van der Waals surface area contributed by atoms with Gasteiger partial charge in [0.05, 0.1) is 18.7 Å². The van der Waals surface area contributed by atoms with Crippen molar-refractivity contribution >= 4 is 5.96 Å². The van der Waals surface area contributed by atoms with Gasteiger partial charge in [-0.3, -0.25) is 4.90 Å². The third-order valence-corrected chi connectivity index (χ3v) is 5.63. The molecule has 1 aliphatic rings. The predicted octanol–water partition coefficient (Wildman–Crippen LogP) is 3.92. The Balaban J connectivity index is 1.53. The van der Waals surface area contributed by atoms with Crippen molar-refractivity contribution in [1.29, 1.82) is 0 Å². The first kappa shape index (κ1) is 24.1. The van der Waals surface area contributed by atoms with Gasteiger partial charge in [0.25, 0.3) is 0 Å². The van der Waals surface area contributed by atoms with E-state index in [-0.39, 0.29) is 12.6 Å². The lowest BCUT2D eigenvalue weighted by atomic mass is 10.0. The first-order valence-corrected chi connectivity index (χ1v) is 11.0. The number of nitrogens with zero attached hydrogens (tertiary/aromatic N) is 2. The first-order chi connectivity index (χ1) is 15.4. The van der Waals surface area contributed by atoms with Crippen LogP contribution in [0.25, 0.3) is 0 Å². The highest BCUT2D eigenvalue weighted by molar-refractivity contribution is 5.80. The Labute approximate surface area is 187 Å². The molecule has 1 fully saturated rings. The van der Waals surface area contributed by atoms with Crippen LogP contribution in [0.3, 0.4) is 0 Å². The van der Waals surface area contributed by atoms with E-state index in [2.05, 4.69) is 20.5 Å². The third kappa shape index (κ3) is 6.97. The van der Waals surface area contributed by atoms with Crippen molar-refractivity contribution in [1.82, 2.24) is 15.5 Å².